The summed E-state index contributed by atoms with van der Waals surface area (Å²) < 4.78 is 24.5. The van der Waals surface area contributed by atoms with E-state index < -0.39 is 9.84 Å². The van der Waals surface area contributed by atoms with Crippen LogP contribution in [-0.2, 0) is 9.84 Å². The second-order valence-corrected chi connectivity index (χ2v) is 6.85. The van der Waals surface area contributed by atoms with Gasteiger partial charge in [0.05, 0.1) is 10.6 Å². The van der Waals surface area contributed by atoms with E-state index in [2.05, 4.69) is 11.6 Å². The quantitative estimate of drug-likeness (QED) is 0.863. The zero-order valence-electron chi connectivity index (χ0n) is 11.6. The molecule has 0 aliphatic rings. The molecule has 104 valence electrons. The van der Waals surface area contributed by atoms with Gasteiger partial charge >= 0.3 is 0 Å². The minimum atomic E-state index is -3.29. The van der Waals surface area contributed by atoms with Crippen LogP contribution in [0, 0.1) is 0 Å². The maximum Gasteiger partial charge on any atom is 0.178 e. The number of sulfone groups is 1. The fourth-order valence-corrected chi connectivity index (χ4v) is 3.34. The van der Waals surface area contributed by atoms with Crippen molar-refractivity contribution in [1.82, 2.24) is 4.98 Å². The predicted molar refractivity (Wildman–Crippen MR) is 82.1 cm³/mol. The number of allylic oxidation sites excluding steroid dienone is 1. The molecule has 0 aliphatic heterocycles. The van der Waals surface area contributed by atoms with Gasteiger partial charge in [0, 0.05) is 23.5 Å². The Kier molecular flexibility index (Phi) is 4.04. The molecule has 1 aromatic carbocycles. The van der Waals surface area contributed by atoms with Gasteiger partial charge in [-0.25, -0.2) is 8.42 Å². The molecule has 0 spiro atoms. The van der Waals surface area contributed by atoms with E-state index in [9.17, 15) is 8.42 Å². The first-order valence-electron chi connectivity index (χ1n) is 6.39. The molecular weight excluding hydrogens is 270 g/mol. The van der Waals surface area contributed by atoms with Crippen LogP contribution in [0.1, 0.15) is 19.4 Å². The molecule has 0 radical (unpaired) electrons. The number of rotatable bonds is 4. The zero-order valence-corrected chi connectivity index (χ0v) is 12.4. The van der Waals surface area contributed by atoms with E-state index in [-0.39, 0.29) is 5.75 Å². The Morgan fingerprint density at radius 2 is 2.00 bits per heavy atom. The molecule has 2 aromatic rings. The third kappa shape index (κ3) is 2.65. The summed E-state index contributed by atoms with van der Waals surface area (Å²) in [4.78, 5) is 4.44. The van der Waals surface area contributed by atoms with E-state index in [0.29, 0.717) is 10.5 Å². The van der Waals surface area contributed by atoms with Crippen LogP contribution in [0.15, 0.2) is 54.2 Å². The normalized spacial score (nSPS) is 11.3. The Morgan fingerprint density at radius 3 is 2.55 bits per heavy atom. The highest BCUT2D eigenvalue weighted by atomic mass is 32.2. The summed E-state index contributed by atoms with van der Waals surface area (Å²) in [6.45, 7) is 7.41. The summed E-state index contributed by atoms with van der Waals surface area (Å²) in [6.07, 6.45) is 3.42. The van der Waals surface area contributed by atoms with Crippen LogP contribution in [0.4, 0.5) is 0 Å². The second-order valence-electron chi connectivity index (χ2n) is 4.60. The fourth-order valence-electron chi connectivity index (χ4n) is 2.15. The topological polar surface area (TPSA) is 47.0 Å². The first-order chi connectivity index (χ1) is 9.47. The number of nitrogens with zero attached hydrogens (tertiary/aromatic N) is 1. The Bertz CT molecular complexity index is 734. The standard InChI is InChI=1S/C16H17NO2S/c1-4-20(18,19)15-9-5-8-14(16(15)12(2)3)13-7-6-10-17-11-13/h5-11H,2,4H2,1,3H3. The average molecular weight is 287 g/mol. The van der Waals surface area contributed by atoms with E-state index >= 15 is 0 Å². The summed E-state index contributed by atoms with van der Waals surface area (Å²) in [5, 5.41) is 0. The van der Waals surface area contributed by atoms with Gasteiger partial charge in [-0.15, -0.1) is 0 Å². The molecular formula is C16H17NO2S. The molecule has 0 bridgehead atoms. The predicted octanol–water partition coefficient (Wildman–Crippen LogP) is 3.58. The molecule has 0 fully saturated rings. The van der Waals surface area contributed by atoms with E-state index in [1.165, 1.54) is 0 Å². The molecule has 0 unspecified atom stereocenters. The van der Waals surface area contributed by atoms with Crippen LogP contribution < -0.4 is 0 Å². The van der Waals surface area contributed by atoms with Gasteiger partial charge in [-0.1, -0.05) is 31.7 Å². The molecule has 1 heterocycles. The monoisotopic (exact) mass is 287 g/mol. The van der Waals surface area contributed by atoms with Crippen LogP contribution in [-0.4, -0.2) is 19.2 Å². The van der Waals surface area contributed by atoms with E-state index in [1.807, 2.05) is 25.1 Å². The van der Waals surface area contributed by atoms with E-state index in [0.717, 1.165) is 16.7 Å². The largest absolute Gasteiger partial charge is 0.264 e. The lowest BCUT2D eigenvalue weighted by Gasteiger charge is -2.14. The van der Waals surface area contributed by atoms with Gasteiger partial charge in [-0.05, 0) is 30.2 Å². The van der Waals surface area contributed by atoms with Gasteiger partial charge in [-0.2, -0.15) is 0 Å². The molecule has 0 atom stereocenters. The minimum absolute atomic E-state index is 0.0732. The lowest BCUT2D eigenvalue weighted by molar-refractivity contribution is 0.597. The summed E-state index contributed by atoms with van der Waals surface area (Å²) in [5.41, 5.74) is 3.15. The van der Waals surface area contributed by atoms with Gasteiger partial charge in [-0.3, -0.25) is 4.98 Å². The number of hydrogen-bond acceptors (Lipinski definition) is 3. The third-order valence-corrected chi connectivity index (χ3v) is 4.91. The van der Waals surface area contributed by atoms with Crippen molar-refractivity contribution in [2.45, 2.75) is 18.7 Å². The first kappa shape index (κ1) is 14.5. The number of aromatic nitrogens is 1. The van der Waals surface area contributed by atoms with Crippen LogP contribution in [0.3, 0.4) is 0 Å². The first-order valence-corrected chi connectivity index (χ1v) is 8.04. The summed E-state index contributed by atoms with van der Waals surface area (Å²) >= 11 is 0. The summed E-state index contributed by atoms with van der Waals surface area (Å²) in [5.74, 6) is 0.0732. The van der Waals surface area contributed by atoms with Gasteiger partial charge in [0.1, 0.15) is 0 Å². The number of pyridine rings is 1. The van der Waals surface area contributed by atoms with Crippen molar-refractivity contribution in [3.05, 3.63) is 54.9 Å². The van der Waals surface area contributed by atoms with Gasteiger partial charge in [0.25, 0.3) is 0 Å². The van der Waals surface area contributed by atoms with Crippen molar-refractivity contribution in [3.63, 3.8) is 0 Å². The number of hydrogen-bond donors (Lipinski definition) is 0. The highest BCUT2D eigenvalue weighted by molar-refractivity contribution is 7.91. The molecule has 2 rings (SSSR count). The van der Waals surface area contributed by atoms with Crippen LogP contribution in [0.5, 0.6) is 0 Å². The molecule has 20 heavy (non-hydrogen) atoms. The Morgan fingerprint density at radius 1 is 1.25 bits per heavy atom. The molecule has 0 amide bonds. The highest BCUT2D eigenvalue weighted by Gasteiger charge is 2.20. The smallest absolute Gasteiger partial charge is 0.178 e. The highest BCUT2D eigenvalue weighted by Crippen LogP contribution is 2.33. The molecule has 0 aliphatic carbocycles. The van der Waals surface area contributed by atoms with Gasteiger partial charge in [0.2, 0.25) is 0 Å². The SMILES string of the molecule is C=C(C)c1c(-c2cccnc2)cccc1S(=O)(=O)CC. The Hall–Kier alpha value is -1.94. The molecule has 1 aromatic heterocycles. The fraction of sp³-hybridized carbons (Fsp3) is 0.188. The van der Waals surface area contributed by atoms with Crippen LogP contribution >= 0.6 is 0 Å². The van der Waals surface area contributed by atoms with Crippen LogP contribution in [0.2, 0.25) is 0 Å². The van der Waals surface area contributed by atoms with Crippen molar-refractivity contribution in [1.29, 1.82) is 0 Å². The van der Waals surface area contributed by atoms with Gasteiger partial charge < -0.3 is 0 Å². The maximum atomic E-state index is 12.3. The minimum Gasteiger partial charge on any atom is -0.264 e. The van der Waals surface area contributed by atoms with Crippen molar-refractivity contribution in [2.75, 3.05) is 5.75 Å². The lowest BCUT2D eigenvalue weighted by atomic mass is 9.97. The van der Waals surface area contributed by atoms with Crippen molar-refractivity contribution in [2.24, 2.45) is 0 Å². The molecule has 0 N–H and O–H groups in total. The number of benzene rings is 1. The summed E-state index contributed by atoms with van der Waals surface area (Å²) in [6, 6.07) is 9.05. The Labute approximate surface area is 119 Å². The van der Waals surface area contributed by atoms with Crippen molar-refractivity contribution >= 4 is 15.4 Å². The van der Waals surface area contributed by atoms with Gasteiger partial charge in [0.15, 0.2) is 9.84 Å². The lowest BCUT2D eigenvalue weighted by Crippen LogP contribution is -2.07. The molecule has 0 saturated heterocycles. The molecule has 3 nitrogen and oxygen atoms in total. The van der Waals surface area contributed by atoms with Crippen molar-refractivity contribution in [3.8, 4) is 11.1 Å². The zero-order chi connectivity index (χ0) is 14.8. The maximum absolute atomic E-state index is 12.3. The van der Waals surface area contributed by atoms with Crippen molar-refractivity contribution < 1.29 is 8.42 Å². The average Bonchev–Trinajstić information content (AvgIpc) is 2.47. The molecule has 0 saturated carbocycles. The van der Waals surface area contributed by atoms with E-state index in [4.69, 9.17) is 0 Å². The van der Waals surface area contributed by atoms with Crippen LogP contribution in [0.25, 0.3) is 16.7 Å². The van der Waals surface area contributed by atoms with E-state index in [1.54, 1.807) is 31.5 Å². The Balaban J connectivity index is 2.79. The summed E-state index contributed by atoms with van der Waals surface area (Å²) in [7, 11) is -3.29. The second kappa shape index (κ2) is 5.59. The third-order valence-electron chi connectivity index (χ3n) is 3.14. The molecule has 4 heteroatoms.